The normalized spacial score (nSPS) is 16.2. The van der Waals surface area contributed by atoms with Crippen molar-refractivity contribution in [2.24, 2.45) is 5.73 Å². The number of para-hydroxylation sites is 1. The molecule has 0 spiro atoms. The summed E-state index contributed by atoms with van der Waals surface area (Å²) in [6, 6.07) is 17.2. The third-order valence-electron chi connectivity index (χ3n) is 6.15. The Hall–Kier alpha value is -3.84. The van der Waals surface area contributed by atoms with E-state index in [0.29, 0.717) is 11.4 Å². The van der Waals surface area contributed by atoms with E-state index in [-0.39, 0.29) is 5.92 Å². The number of nitrogens with two attached hydrogens (primary N) is 1. The van der Waals surface area contributed by atoms with E-state index < -0.39 is 5.91 Å². The van der Waals surface area contributed by atoms with Crippen molar-refractivity contribution in [3.8, 4) is 17.1 Å². The van der Waals surface area contributed by atoms with E-state index in [4.69, 9.17) is 15.5 Å². The second-order valence-corrected chi connectivity index (χ2v) is 8.34. The number of fused-ring (bicyclic) bond motifs is 1. The number of nitrogens with zero attached hydrogens (tertiary/aromatic N) is 4. The van der Waals surface area contributed by atoms with Crippen LogP contribution in [-0.2, 0) is 6.54 Å². The molecule has 7 heteroatoms. The number of rotatable bonds is 6. The molecule has 7 nitrogen and oxygen atoms in total. The summed E-state index contributed by atoms with van der Waals surface area (Å²) in [5.74, 6) is 1.34. The Morgan fingerprint density at radius 3 is 2.61 bits per heavy atom. The number of carbonyl (C=O) groups is 1. The largest absolute Gasteiger partial charge is 0.497 e. The van der Waals surface area contributed by atoms with Gasteiger partial charge in [-0.15, -0.1) is 0 Å². The molecule has 33 heavy (non-hydrogen) atoms. The second-order valence-electron chi connectivity index (χ2n) is 8.34. The molecule has 2 N–H and O–H groups in total. The Morgan fingerprint density at radius 1 is 1.12 bits per heavy atom. The standard InChI is InChI=1S/C26H25N5O2/c1-33-20-8-6-18(7-9-20)26-28-13-17(14-29-26)15-31-11-10-19(16-31)24-12-22(25(27)32)21-4-2-3-5-23(21)30-24/h2-9,12-14,19H,10-11,15-16H2,1H3,(H2,27,32). The molecule has 166 valence electrons. The number of amides is 1. The number of benzene rings is 2. The zero-order chi connectivity index (χ0) is 22.8. The minimum atomic E-state index is -0.418. The third-order valence-corrected chi connectivity index (χ3v) is 6.15. The summed E-state index contributed by atoms with van der Waals surface area (Å²) >= 11 is 0. The van der Waals surface area contributed by atoms with Gasteiger partial charge in [0.2, 0.25) is 5.91 Å². The maximum absolute atomic E-state index is 12.0. The highest BCUT2D eigenvalue weighted by Gasteiger charge is 2.26. The monoisotopic (exact) mass is 439 g/mol. The Labute approximate surface area is 192 Å². The van der Waals surface area contributed by atoms with Crippen LogP contribution in [0.2, 0.25) is 0 Å². The number of hydrogen-bond acceptors (Lipinski definition) is 6. The Balaban J connectivity index is 1.28. The van der Waals surface area contributed by atoms with E-state index in [1.54, 1.807) is 7.11 Å². The smallest absolute Gasteiger partial charge is 0.249 e. The predicted molar refractivity (Wildman–Crippen MR) is 127 cm³/mol. The van der Waals surface area contributed by atoms with Gasteiger partial charge in [-0.05, 0) is 49.4 Å². The van der Waals surface area contributed by atoms with E-state index in [2.05, 4.69) is 14.9 Å². The van der Waals surface area contributed by atoms with E-state index in [1.165, 1.54) is 0 Å². The van der Waals surface area contributed by atoms with Crippen LogP contribution in [0.15, 0.2) is 67.0 Å². The van der Waals surface area contributed by atoms with Crippen LogP contribution in [0.5, 0.6) is 5.75 Å². The highest BCUT2D eigenvalue weighted by atomic mass is 16.5. The maximum atomic E-state index is 12.0. The summed E-state index contributed by atoms with van der Waals surface area (Å²) in [6.07, 6.45) is 4.76. The molecule has 1 amide bonds. The lowest BCUT2D eigenvalue weighted by atomic mass is 9.99. The lowest BCUT2D eigenvalue weighted by molar-refractivity contribution is 0.100. The van der Waals surface area contributed by atoms with Gasteiger partial charge in [0.15, 0.2) is 5.82 Å². The van der Waals surface area contributed by atoms with Crippen molar-refractivity contribution in [1.29, 1.82) is 0 Å². The Bertz CT molecular complexity index is 1290. The van der Waals surface area contributed by atoms with Crippen LogP contribution in [0, 0.1) is 0 Å². The van der Waals surface area contributed by atoms with Crippen LogP contribution in [0.3, 0.4) is 0 Å². The number of methoxy groups -OCH3 is 1. The van der Waals surface area contributed by atoms with Crippen LogP contribution in [0.4, 0.5) is 0 Å². The number of likely N-dealkylation sites (tertiary alicyclic amines) is 1. The lowest BCUT2D eigenvalue weighted by Crippen LogP contribution is -2.20. The van der Waals surface area contributed by atoms with Crippen LogP contribution in [-0.4, -0.2) is 46.0 Å². The number of primary amides is 1. The topological polar surface area (TPSA) is 94.2 Å². The first-order valence-electron chi connectivity index (χ1n) is 11.0. The Kier molecular flexibility index (Phi) is 5.71. The minimum absolute atomic E-state index is 0.257. The van der Waals surface area contributed by atoms with Gasteiger partial charge in [-0.1, -0.05) is 18.2 Å². The average molecular weight is 440 g/mol. The molecule has 1 unspecified atom stereocenters. The van der Waals surface area contributed by atoms with Crippen molar-refractivity contribution < 1.29 is 9.53 Å². The van der Waals surface area contributed by atoms with Crippen LogP contribution in [0.25, 0.3) is 22.3 Å². The van der Waals surface area contributed by atoms with Gasteiger partial charge in [0.1, 0.15) is 5.75 Å². The molecule has 2 aromatic heterocycles. The van der Waals surface area contributed by atoms with E-state index in [0.717, 1.165) is 59.5 Å². The summed E-state index contributed by atoms with van der Waals surface area (Å²) in [4.78, 5) is 28.3. The summed E-state index contributed by atoms with van der Waals surface area (Å²) in [5.41, 5.74) is 9.95. The van der Waals surface area contributed by atoms with Gasteiger partial charge in [0.05, 0.1) is 18.2 Å². The van der Waals surface area contributed by atoms with Gasteiger partial charge in [-0.3, -0.25) is 14.7 Å². The molecule has 0 radical (unpaired) electrons. The predicted octanol–water partition coefficient (Wildman–Crippen LogP) is 3.79. The first-order valence-corrected chi connectivity index (χ1v) is 11.0. The van der Waals surface area contributed by atoms with Gasteiger partial charge < -0.3 is 10.5 Å². The molecule has 1 atom stereocenters. The molecular weight excluding hydrogens is 414 g/mol. The van der Waals surface area contributed by atoms with Crippen LogP contribution < -0.4 is 10.5 Å². The van der Waals surface area contributed by atoms with Crippen molar-refractivity contribution in [3.63, 3.8) is 0 Å². The number of hydrogen-bond donors (Lipinski definition) is 1. The first-order chi connectivity index (χ1) is 16.1. The van der Waals surface area contributed by atoms with Crippen molar-refractivity contribution in [2.75, 3.05) is 20.2 Å². The van der Waals surface area contributed by atoms with E-state index in [1.807, 2.05) is 67.0 Å². The molecule has 1 aliphatic heterocycles. The molecule has 0 saturated carbocycles. The summed E-state index contributed by atoms with van der Waals surface area (Å²) in [5, 5.41) is 0.803. The zero-order valence-electron chi connectivity index (χ0n) is 18.4. The molecule has 2 aromatic carbocycles. The van der Waals surface area contributed by atoms with Gasteiger partial charge >= 0.3 is 0 Å². The average Bonchev–Trinajstić information content (AvgIpc) is 3.32. The second kappa shape index (κ2) is 8.96. The molecule has 1 saturated heterocycles. The highest BCUT2D eigenvalue weighted by Crippen LogP contribution is 2.30. The van der Waals surface area contributed by atoms with Gasteiger partial charge in [-0.2, -0.15) is 0 Å². The van der Waals surface area contributed by atoms with Crippen molar-refractivity contribution in [3.05, 3.63) is 83.8 Å². The molecule has 1 fully saturated rings. The van der Waals surface area contributed by atoms with Gasteiger partial charge in [0, 0.05) is 53.6 Å². The SMILES string of the molecule is COc1ccc(-c2ncc(CN3CCC(c4cc(C(N)=O)c5ccccc5n4)C3)cn2)cc1. The summed E-state index contributed by atoms with van der Waals surface area (Å²) < 4.78 is 5.20. The maximum Gasteiger partial charge on any atom is 0.249 e. The minimum Gasteiger partial charge on any atom is -0.497 e. The number of pyridine rings is 1. The van der Waals surface area contributed by atoms with Crippen LogP contribution in [0.1, 0.15) is 34.0 Å². The van der Waals surface area contributed by atoms with Crippen molar-refractivity contribution >= 4 is 16.8 Å². The van der Waals surface area contributed by atoms with E-state index >= 15 is 0 Å². The molecule has 0 bridgehead atoms. The fourth-order valence-corrected chi connectivity index (χ4v) is 4.41. The van der Waals surface area contributed by atoms with Gasteiger partial charge in [-0.25, -0.2) is 9.97 Å². The number of ether oxygens (including phenoxy) is 1. The molecule has 3 heterocycles. The first kappa shape index (κ1) is 21.0. The summed E-state index contributed by atoms with van der Waals surface area (Å²) in [7, 11) is 1.65. The molecular formula is C26H25N5O2. The van der Waals surface area contributed by atoms with E-state index in [9.17, 15) is 4.79 Å². The van der Waals surface area contributed by atoms with Crippen LogP contribution >= 0.6 is 0 Å². The molecule has 4 aromatic rings. The molecule has 5 rings (SSSR count). The lowest BCUT2D eigenvalue weighted by Gasteiger charge is -2.16. The highest BCUT2D eigenvalue weighted by molar-refractivity contribution is 6.05. The van der Waals surface area contributed by atoms with Crippen molar-refractivity contribution in [1.82, 2.24) is 19.9 Å². The fourth-order valence-electron chi connectivity index (χ4n) is 4.41. The van der Waals surface area contributed by atoms with Gasteiger partial charge in [0.25, 0.3) is 0 Å². The third kappa shape index (κ3) is 4.40. The van der Waals surface area contributed by atoms with Crippen molar-refractivity contribution in [2.45, 2.75) is 18.9 Å². The Morgan fingerprint density at radius 2 is 1.88 bits per heavy atom. The summed E-state index contributed by atoms with van der Waals surface area (Å²) in [6.45, 7) is 2.59. The quantitative estimate of drug-likeness (QED) is 0.491. The molecule has 0 aliphatic carbocycles. The molecule has 1 aliphatic rings. The zero-order valence-corrected chi connectivity index (χ0v) is 18.4. The number of carbonyl (C=O) groups excluding carboxylic acids is 1. The number of aromatic nitrogens is 3. The fraction of sp³-hybridized carbons (Fsp3) is 0.231.